The fourth-order valence-electron chi connectivity index (χ4n) is 0.691. The molecule has 0 saturated carbocycles. The van der Waals surface area contributed by atoms with E-state index in [1.54, 1.807) is 0 Å². The van der Waals surface area contributed by atoms with Crippen molar-refractivity contribution in [1.82, 2.24) is 5.32 Å². The molecule has 84 valence electrons. The van der Waals surface area contributed by atoms with Crippen molar-refractivity contribution in [2.24, 2.45) is 0 Å². The minimum Gasteiger partial charge on any atom is -0.462 e. The molecule has 0 amide bonds. The molecule has 4 nitrogen and oxygen atoms in total. The van der Waals surface area contributed by atoms with Crippen molar-refractivity contribution in [3.8, 4) is 0 Å². The summed E-state index contributed by atoms with van der Waals surface area (Å²) in [5, 5.41) is 9.50. The van der Waals surface area contributed by atoms with Crippen LogP contribution in [0.2, 0.25) is 0 Å². The monoisotopic (exact) mass is 215 g/mol. The molecule has 0 fully saturated rings. The fraction of sp³-hybridized carbons (Fsp3) is 0.857. The van der Waals surface area contributed by atoms with Crippen molar-refractivity contribution in [2.75, 3.05) is 6.61 Å². The molecule has 0 aliphatic carbocycles. The summed E-state index contributed by atoms with van der Waals surface area (Å²) in [4.78, 5) is 10.9. The molecule has 0 aliphatic rings. The second kappa shape index (κ2) is 5.16. The number of nitrogens with one attached hydrogen (secondary N) is 1. The van der Waals surface area contributed by atoms with Crippen LogP contribution in [0.5, 0.6) is 0 Å². The van der Waals surface area contributed by atoms with Gasteiger partial charge in [-0.05, 0) is 13.8 Å². The smallest absolute Gasteiger partial charge is 0.458 e. The molecule has 2 N–H and O–H groups in total. The summed E-state index contributed by atoms with van der Waals surface area (Å²) in [5.41, 5.74) is 0. The van der Waals surface area contributed by atoms with Gasteiger partial charge in [-0.1, -0.05) is 0 Å². The molecule has 0 radical (unpaired) electrons. The number of carbonyl (C=O) groups excluding carboxylic acids is 1. The van der Waals surface area contributed by atoms with Gasteiger partial charge in [-0.25, -0.2) is 5.32 Å². The van der Waals surface area contributed by atoms with Gasteiger partial charge in [0.05, 0.1) is 12.7 Å². The van der Waals surface area contributed by atoms with E-state index in [4.69, 9.17) is 5.11 Å². The molecular weight excluding hydrogens is 203 g/mol. The number of hydrogen-bond acceptors (Lipinski definition) is 4. The summed E-state index contributed by atoms with van der Waals surface area (Å²) in [6.45, 7) is 2.03. The van der Waals surface area contributed by atoms with E-state index in [-0.39, 0.29) is 0 Å². The van der Waals surface area contributed by atoms with Gasteiger partial charge in [0, 0.05) is 0 Å². The molecule has 0 aromatic carbocycles. The molecule has 1 atom stereocenters. The lowest BCUT2D eigenvalue weighted by Crippen LogP contribution is -2.48. The first-order valence-electron chi connectivity index (χ1n) is 3.92. The van der Waals surface area contributed by atoms with Gasteiger partial charge in [0.2, 0.25) is 0 Å². The Morgan fingerprint density at radius 2 is 2.00 bits per heavy atom. The van der Waals surface area contributed by atoms with Crippen LogP contribution < -0.4 is 5.32 Å². The van der Waals surface area contributed by atoms with E-state index in [2.05, 4.69) is 4.74 Å². The van der Waals surface area contributed by atoms with Crippen molar-refractivity contribution < 1.29 is 27.8 Å². The summed E-state index contributed by atoms with van der Waals surface area (Å²) in [5.74, 6) is -1.13. The maximum Gasteiger partial charge on any atom is 0.458 e. The molecule has 0 heterocycles. The Bertz CT molecular complexity index is 193. The van der Waals surface area contributed by atoms with Crippen molar-refractivity contribution in [3.63, 3.8) is 0 Å². The van der Waals surface area contributed by atoms with Crippen LogP contribution in [0.1, 0.15) is 13.8 Å². The number of aliphatic hydroxyl groups excluding tert-OH is 1. The van der Waals surface area contributed by atoms with E-state index < -0.39 is 31.0 Å². The number of rotatable bonds is 4. The maximum absolute atomic E-state index is 11.8. The minimum atomic E-state index is -4.72. The zero-order chi connectivity index (χ0) is 11.4. The predicted octanol–water partition coefficient (Wildman–Crippen LogP) is 0.408. The summed E-state index contributed by atoms with van der Waals surface area (Å²) < 4.78 is 39.8. The first kappa shape index (κ1) is 13.2. The number of carbonyl (C=O) groups is 1. The number of aliphatic hydroxyl groups is 1. The van der Waals surface area contributed by atoms with Gasteiger partial charge in [0.25, 0.3) is 0 Å². The van der Waals surface area contributed by atoms with Gasteiger partial charge < -0.3 is 9.84 Å². The van der Waals surface area contributed by atoms with Crippen LogP contribution in [0, 0.1) is 0 Å². The Morgan fingerprint density at radius 3 is 2.29 bits per heavy atom. The van der Waals surface area contributed by atoms with Gasteiger partial charge in [0.1, 0.15) is 6.04 Å². The van der Waals surface area contributed by atoms with Crippen molar-refractivity contribution in [3.05, 3.63) is 0 Å². The first-order valence-corrected chi connectivity index (χ1v) is 3.92. The number of halogens is 3. The molecule has 0 aromatic heterocycles. The molecule has 0 bridgehead atoms. The van der Waals surface area contributed by atoms with E-state index in [0.29, 0.717) is 0 Å². The van der Waals surface area contributed by atoms with Crippen LogP contribution in [-0.2, 0) is 9.53 Å². The van der Waals surface area contributed by atoms with E-state index in [1.807, 2.05) is 0 Å². The quantitative estimate of drug-likeness (QED) is 0.526. The third-order valence-electron chi connectivity index (χ3n) is 1.16. The summed E-state index contributed by atoms with van der Waals surface area (Å²) in [6, 6.07) is -1.77. The Hall–Kier alpha value is -0.820. The van der Waals surface area contributed by atoms with E-state index in [1.165, 1.54) is 13.8 Å². The van der Waals surface area contributed by atoms with Crippen LogP contribution in [0.25, 0.3) is 0 Å². The second-order valence-electron chi connectivity index (χ2n) is 2.86. The normalized spacial score (nSPS) is 14.2. The highest BCUT2D eigenvalue weighted by atomic mass is 19.4. The van der Waals surface area contributed by atoms with Crippen molar-refractivity contribution >= 4 is 5.97 Å². The Balaban J connectivity index is 4.20. The third kappa shape index (κ3) is 5.76. The summed E-state index contributed by atoms with van der Waals surface area (Å²) in [6.07, 6.45) is -5.24. The highest BCUT2D eigenvalue weighted by Crippen LogP contribution is 2.11. The SMILES string of the molecule is CC(C)OC(=O)C(CO)NC(F)(F)F. The van der Waals surface area contributed by atoms with Crippen LogP contribution >= 0.6 is 0 Å². The van der Waals surface area contributed by atoms with E-state index >= 15 is 0 Å². The Morgan fingerprint density at radius 1 is 1.50 bits per heavy atom. The molecule has 1 unspecified atom stereocenters. The molecule has 0 spiro atoms. The lowest BCUT2D eigenvalue weighted by Gasteiger charge is -2.18. The standard InChI is InChI=1S/C7H12F3NO3/c1-4(2)14-6(13)5(3-12)11-7(8,9)10/h4-5,11-12H,3H2,1-2H3. The topological polar surface area (TPSA) is 58.6 Å². The molecule has 7 heteroatoms. The average molecular weight is 215 g/mol. The van der Waals surface area contributed by atoms with E-state index in [0.717, 1.165) is 5.32 Å². The van der Waals surface area contributed by atoms with Crippen LogP contribution in [0.3, 0.4) is 0 Å². The highest BCUT2D eigenvalue weighted by Gasteiger charge is 2.34. The minimum absolute atomic E-state index is 0.522. The molecule has 0 rings (SSSR count). The fourth-order valence-corrected chi connectivity index (χ4v) is 0.691. The van der Waals surface area contributed by atoms with Crippen LogP contribution in [-0.4, -0.2) is 36.1 Å². The molecular formula is C7H12F3NO3. The summed E-state index contributed by atoms with van der Waals surface area (Å²) >= 11 is 0. The Labute approximate surface area is 79.0 Å². The van der Waals surface area contributed by atoms with Crippen LogP contribution in [0.4, 0.5) is 13.2 Å². The van der Waals surface area contributed by atoms with Crippen LogP contribution in [0.15, 0.2) is 0 Å². The molecule has 0 saturated heterocycles. The van der Waals surface area contributed by atoms with Gasteiger partial charge in [-0.2, -0.15) is 13.2 Å². The largest absolute Gasteiger partial charge is 0.462 e. The number of alkyl halides is 3. The average Bonchev–Trinajstić information content (AvgIpc) is 1.96. The number of hydrogen-bond donors (Lipinski definition) is 2. The van der Waals surface area contributed by atoms with Gasteiger partial charge in [-0.15, -0.1) is 0 Å². The lowest BCUT2D eigenvalue weighted by molar-refractivity contribution is -0.181. The maximum atomic E-state index is 11.8. The lowest BCUT2D eigenvalue weighted by atomic mass is 10.3. The van der Waals surface area contributed by atoms with Gasteiger partial charge in [0.15, 0.2) is 0 Å². The third-order valence-corrected chi connectivity index (χ3v) is 1.16. The predicted molar refractivity (Wildman–Crippen MR) is 41.3 cm³/mol. The highest BCUT2D eigenvalue weighted by molar-refractivity contribution is 5.76. The van der Waals surface area contributed by atoms with Crippen molar-refractivity contribution in [2.45, 2.75) is 32.3 Å². The molecule has 0 aliphatic heterocycles. The molecule has 0 aromatic rings. The molecule has 14 heavy (non-hydrogen) atoms. The van der Waals surface area contributed by atoms with Gasteiger partial charge >= 0.3 is 12.3 Å². The van der Waals surface area contributed by atoms with Gasteiger partial charge in [-0.3, -0.25) is 4.79 Å². The van der Waals surface area contributed by atoms with Crippen molar-refractivity contribution in [1.29, 1.82) is 0 Å². The first-order chi connectivity index (χ1) is 6.26. The number of ether oxygens (including phenoxy) is 1. The zero-order valence-corrected chi connectivity index (χ0v) is 7.76. The van der Waals surface area contributed by atoms with E-state index in [9.17, 15) is 18.0 Å². The summed E-state index contributed by atoms with van der Waals surface area (Å²) in [7, 11) is 0. The Kier molecular flexibility index (Phi) is 4.86. The number of esters is 1. The second-order valence-corrected chi connectivity index (χ2v) is 2.86. The zero-order valence-electron chi connectivity index (χ0n) is 7.76.